The zero-order valence-corrected chi connectivity index (χ0v) is 12.9. The van der Waals surface area contributed by atoms with Crippen molar-refractivity contribution in [2.75, 3.05) is 18.8 Å². The molecule has 2 unspecified atom stereocenters. The highest BCUT2D eigenvalue weighted by Crippen LogP contribution is 2.38. The summed E-state index contributed by atoms with van der Waals surface area (Å²) in [7, 11) is 0. The number of rotatable bonds is 1. The summed E-state index contributed by atoms with van der Waals surface area (Å²) < 4.78 is 3.11. The van der Waals surface area contributed by atoms with E-state index < -0.39 is 0 Å². The molecular formula is C14H18BrN5. The number of hydrogen-bond acceptors (Lipinski definition) is 4. The van der Waals surface area contributed by atoms with Crippen LogP contribution in [0.15, 0.2) is 16.7 Å². The second kappa shape index (κ2) is 4.70. The van der Waals surface area contributed by atoms with E-state index in [1.54, 1.807) is 0 Å². The van der Waals surface area contributed by atoms with E-state index in [1.165, 1.54) is 32.4 Å². The molecule has 2 saturated heterocycles. The lowest BCUT2D eigenvalue weighted by molar-refractivity contribution is 0.175. The van der Waals surface area contributed by atoms with Crippen molar-refractivity contribution < 1.29 is 0 Å². The van der Waals surface area contributed by atoms with Gasteiger partial charge in [-0.25, -0.2) is 9.97 Å². The lowest BCUT2D eigenvalue weighted by atomic mass is 9.99. The minimum absolute atomic E-state index is 0.425. The molecule has 2 aromatic rings. The van der Waals surface area contributed by atoms with Crippen molar-refractivity contribution in [3.05, 3.63) is 16.7 Å². The largest absolute Gasteiger partial charge is 0.369 e. The first-order valence-corrected chi connectivity index (χ1v) is 8.06. The third-order valence-electron chi connectivity index (χ3n) is 4.68. The number of anilines is 1. The molecular weight excluding hydrogens is 318 g/mol. The van der Waals surface area contributed by atoms with Crippen LogP contribution in [0.3, 0.4) is 0 Å². The molecule has 106 valence electrons. The molecule has 0 bridgehead atoms. The molecule has 0 aromatic carbocycles. The molecule has 2 atom stereocenters. The van der Waals surface area contributed by atoms with E-state index in [0.717, 1.165) is 22.1 Å². The third-order valence-corrected chi connectivity index (χ3v) is 5.11. The Morgan fingerprint density at radius 2 is 2.10 bits per heavy atom. The van der Waals surface area contributed by atoms with E-state index in [-0.39, 0.29) is 0 Å². The molecule has 2 aromatic heterocycles. The van der Waals surface area contributed by atoms with Crippen LogP contribution in [0.25, 0.3) is 11.2 Å². The van der Waals surface area contributed by atoms with Gasteiger partial charge in [0.2, 0.25) is 5.95 Å². The smallest absolute Gasteiger partial charge is 0.202 e. The Labute approximate surface area is 126 Å². The van der Waals surface area contributed by atoms with Gasteiger partial charge >= 0.3 is 0 Å². The summed E-state index contributed by atoms with van der Waals surface area (Å²) in [6.07, 6.45) is 6.89. The zero-order chi connectivity index (χ0) is 13.7. The van der Waals surface area contributed by atoms with Gasteiger partial charge in [0, 0.05) is 23.3 Å². The van der Waals surface area contributed by atoms with E-state index in [2.05, 4.69) is 35.4 Å². The van der Waals surface area contributed by atoms with Crippen molar-refractivity contribution >= 4 is 33.0 Å². The number of nitrogens with zero attached hydrogens (tertiary/aromatic N) is 4. The minimum atomic E-state index is 0.425. The first-order chi connectivity index (χ1) is 9.74. The van der Waals surface area contributed by atoms with Gasteiger partial charge in [-0.05, 0) is 47.8 Å². The molecule has 2 aliphatic rings. The lowest BCUT2D eigenvalue weighted by Gasteiger charge is -2.33. The van der Waals surface area contributed by atoms with Crippen molar-refractivity contribution in [3.63, 3.8) is 0 Å². The summed E-state index contributed by atoms with van der Waals surface area (Å²) in [4.78, 5) is 11.6. The molecule has 2 aliphatic heterocycles. The highest BCUT2D eigenvalue weighted by atomic mass is 79.9. The maximum Gasteiger partial charge on any atom is 0.202 e. The van der Waals surface area contributed by atoms with E-state index in [1.807, 2.05) is 12.3 Å². The number of aromatic nitrogens is 3. The molecule has 6 heteroatoms. The predicted octanol–water partition coefficient (Wildman–Crippen LogP) is 2.58. The lowest BCUT2D eigenvalue weighted by Crippen LogP contribution is -2.37. The van der Waals surface area contributed by atoms with Crippen molar-refractivity contribution in [1.82, 2.24) is 19.4 Å². The van der Waals surface area contributed by atoms with Crippen LogP contribution in [0.4, 0.5) is 5.95 Å². The Balaban J connectivity index is 1.80. The molecule has 20 heavy (non-hydrogen) atoms. The van der Waals surface area contributed by atoms with E-state index in [9.17, 15) is 0 Å². The second-order valence-electron chi connectivity index (χ2n) is 5.79. The van der Waals surface area contributed by atoms with Crippen molar-refractivity contribution in [2.24, 2.45) is 0 Å². The Bertz CT molecular complexity index is 652. The Hall–Kier alpha value is -1.14. The van der Waals surface area contributed by atoms with Crippen LogP contribution in [-0.4, -0.2) is 38.6 Å². The van der Waals surface area contributed by atoms with Crippen LogP contribution in [-0.2, 0) is 0 Å². The van der Waals surface area contributed by atoms with Crippen LogP contribution in [0.1, 0.15) is 31.7 Å². The topological polar surface area (TPSA) is 60.0 Å². The average Bonchev–Trinajstić information content (AvgIpc) is 2.98. The summed E-state index contributed by atoms with van der Waals surface area (Å²) in [6.45, 7) is 2.40. The normalized spacial score (nSPS) is 27.1. The van der Waals surface area contributed by atoms with Gasteiger partial charge in [-0.2, -0.15) is 0 Å². The first-order valence-electron chi connectivity index (χ1n) is 7.27. The summed E-state index contributed by atoms with van der Waals surface area (Å²) in [6, 6.07) is 3.02. The molecule has 0 radical (unpaired) electrons. The third kappa shape index (κ3) is 1.85. The minimum Gasteiger partial charge on any atom is -0.369 e. The number of halogens is 1. The predicted molar refractivity (Wildman–Crippen MR) is 82.5 cm³/mol. The Morgan fingerprint density at radius 1 is 1.20 bits per heavy atom. The summed E-state index contributed by atoms with van der Waals surface area (Å²) >= 11 is 3.44. The Morgan fingerprint density at radius 3 is 3.00 bits per heavy atom. The molecule has 0 aliphatic carbocycles. The Kier molecular flexibility index (Phi) is 2.96. The molecule has 0 saturated carbocycles. The summed E-state index contributed by atoms with van der Waals surface area (Å²) in [5, 5.41) is 0. The van der Waals surface area contributed by atoms with Crippen LogP contribution in [0, 0.1) is 0 Å². The quantitative estimate of drug-likeness (QED) is 0.870. The standard InChI is InChI=1S/C14H18BrN5/c15-9-7-10-13(17-8-9)20(14(16)18-10)12-4-6-19-5-2-1-3-11(12)19/h7-8,11-12H,1-6H2,(H2,16,18). The molecule has 2 N–H and O–H groups in total. The number of fused-ring (bicyclic) bond motifs is 2. The summed E-state index contributed by atoms with van der Waals surface area (Å²) in [5.41, 5.74) is 7.98. The fourth-order valence-electron chi connectivity index (χ4n) is 3.82. The van der Waals surface area contributed by atoms with Gasteiger partial charge in [-0.15, -0.1) is 0 Å². The number of imidazole rings is 1. The van der Waals surface area contributed by atoms with E-state index in [4.69, 9.17) is 5.73 Å². The highest BCUT2D eigenvalue weighted by Gasteiger charge is 2.38. The SMILES string of the molecule is Nc1nc2cc(Br)cnc2n1C1CCN2CCCCC12. The number of pyridine rings is 1. The number of hydrogen-bond donors (Lipinski definition) is 1. The maximum atomic E-state index is 6.18. The van der Waals surface area contributed by atoms with Gasteiger partial charge in [0.25, 0.3) is 0 Å². The molecule has 4 heterocycles. The van der Waals surface area contributed by atoms with Crippen LogP contribution >= 0.6 is 15.9 Å². The summed E-state index contributed by atoms with van der Waals surface area (Å²) in [5.74, 6) is 0.600. The molecule has 0 spiro atoms. The van der Waals surface area contributed by atoms with Gasteiger partial charge in [-0.3, -0.25) is 9.47 Å². The van der Waals surface area contributed by atoms with Crippen LogP contribution in [0.2, 0.25) is 0 Å². The second-order valence-corrected chi connectivity index (χ2v) is 6.71. The monoisotopic (exact) mass is 335 g/mol. The first kappa shape index (κ1) is 12.6. The number of nitrogen functional groups attached to an aromatic ring is 1. The van der Waals surface area contributed by atoms with Gasteiger partial charge < -0.3 is 5.73 Å². The molecule has 5 nitrogen and oxygen atoms in total. The number of piperidine rings is 1. The zero-order valence-electron chi connectivity index (χ0n) is 11.3. The van der Waals surface area contributed by atoms with Crippen LogP contribution < -0.4 is 5.73 Å². The van der Waals surface area contributed by atoms with Crippen molar-refractivity contribution in [2.45, 2.75) is 37.8 Å². The van der Waals surface area contributed by atoms with Crippen molar-refractivity contribution in [3.8, 4) is 0 Å². The van der Waals surface area contributed by atoms with Crippen LogP contribution in [0.5, 0.6) is 0 Å². The van der Waals surface area contributed by atoms with Gasteiger partial charge in [0.1, 0.15) is 5.52 Å². The fraction of sp³-hybridized carbons (Fsp3) is 0.571. The fourth-order valence-corrected chi connectivity index (χ4v) is 4.14. The molecule has 0 amide bonds. The molecule has 2 fully saturated rings. The van der Waals surface area contributed by atoms with Gasteiger partial charge in [0.05, 0.1) is 6.04 Å². The van der Waals surface area contributed by atoms with E-state index >= 15 is 0 Å². The van der Waals surface area contributed by atoms with Gasteiger partial charge in [0.15, 0.2) is 5.65 Å². The molecule has 4 rings (SSSR count). The maximum absolute atomic E-state index is 6.18. The highest BCUT2D eigenvalue weighted by molar-refractivity contribution is 9.10. The van der Waals surface area contributed by atoms with Gasteiger partial charge in [-0.1, -0.05) is 6.42 Å². The number of nitrogens with two attached hydrogens (primary N) is 1. The average molecular weight is 336 g/mol. The van der Waals surface area contributed by atoms with E-state index in [0.29, 0.717) is 18.0 Å². The van der Waals surface area contributed by atoms with Crippen molar-refractivity contribution in [1.29, 1.82) is 0 Å².